The lowest BCUT2D eigenvalue weighted by atomic mass is 9.77. The van der Waals surface area contributed by atoms with Gasteiger partial charge in [0.2, 0.25) is 0 Å². The minimum Gasteiger partial charge on any atom is -0.478 e. The lowest BCUT2D eigenvalue weighted by Crippen LogP contribution is -2.48. The van der Waals surface area contributed by atoms with E-state index in [4.69, 9.17) is 5.11 Å². The van der Waals surface area contributed by atoms with E-state index >= 15 is 0 Å². The van der Waals surface area contributed by atoms with Crippen LogP contribution in [0.4, 0.5) is 0 Å². The molecule has 4 heteroatoms. The summed E-state index contributed by atoms with van der Waals surface area (Å²) in [5.74, 6) is -0.269. The Balaban J connectivity index is 2.50. The molecule has 0 amide bonds. The molecule has 0 bridgehead atoms. The van der Waals surface area contributed by atoms with E-state index in [1.807, 2.05) is 0 Å². The summed E-state index contributed by atoms with van der Waals surface area (Å²) in [6.07, 6.45) is 6.44. The van der Waals surface area contributed by atoms with Crippen molar-refractivity contribution < 1.29 is 15.0 Å². The number of hydrogen-bond donors (Lipinski definition) is 3. The number of aliphatic hydroxyl groups excluding tert-OH is 1. The molecule has 3 N–H and O–H groups in total. The van der Waals surface area contributed by atoms with Crippen molar-refractivity contribution >= 4 is 5.97 Å². The Labute approximate surface area is 90.0 Å². The molecule has 0 aromatic rings. The quantitative estimate of drug-likeness (QED) is 0.612. The number of aliphatic carboxylic acids is 1. The van der Waals surface area contributed by atoms with Crippen LogP contribution >= 0.6 is 0 Å². The summed E-state index contributed by atoms with van der Waals surface area (Å²) in [4.78, 5) is 10.3. The number of carboxylic acids is 1. The summed E-state index contributed by atoms with van der Waals surface area (Å²) < 4.78 is 0. The van der Waals surface area contributed by atoms with Crippen LogP contribution in [0.1, 0.15) is 32.6 Å². The fraction of sp³-hybridized carbons (Fsp3) is 0.727. The predicted octanol–water partition coefficient (Wildman–Crippen LogP) is 1.12. The molecule has 1 aliphatic carbocycles. The minimum atomic E-state index is -0.972. The number of nitrogens with one attached hydrogen (secondary N) is 1. The van der Waals surface area contributed by atoms with E-state index in [9.17, 15) is 9.90 Å². The first-order chi connectivity index (χ1) is 7.08. The Morgan fingerprint density at radius 2 is 2.13 bits per heavy atom. The summed E-state index contributed by atoms with van der Waals surface area (Å²) in [6, 6.07) is 0. The highest BCUT2D eigenvalue weighted by Gasteiger charge is 2.32. The van der Waals surface area contributed by atoms with Gasteiger partial charge in [0.25, 0.3) is 0 Å². The van der Waals surface area contributed by atoms with Crippen LogP contribution in [0.15, 0.2) is 12.3 Å². The first-order valence-corrected chi connectivity index (χ1v) is 5.36. The van der Waals surface area contributed by atoms with Gasteiger partial charge < -0.3 is 15.5 Å². The number of aliphatic hydroxyl groups is 1. The molecule has 0 aromatic heterocycles. The molecule has 0 radical (unpaired) electrons. The van der Waals surface area contributed by atoms with Crippen LogP contribution in [0.25, 0.3) is 0 Å². The third-order valence-electron chi connectivity index (χ3n) is 3.15. The average Bonchev–Trinajstić information content (AvgIpc) is 2.21. The van der Waals surface area contributed by atoms with Crippen molar-refractivity contribution in [1.29, 1.82) is 0 Å². The van der Waals surface area contributed by atoms with Crippen LogP contribution in [0.5, 0.6) is 0 Å². The highest BCUT2D eigenvalue weighted by atomic mass is 16.4. The molecule has 15 heavy (non-hydrogen) atoms. The Morgan fingerprint density at radius 1 is 1.53 bits per heavy atom. The van der Waals surface area contributed by atoms with E-state index in [1.165, 1.54) is 6.20 Å². The third-order valence-corrected chi connectivity index (χ3v) is 3.15. The molecule has 1 rings (SSSR count). The smallest absolute Gasteiger partial charge is 0.329 e. The Kier molecular flexibility index (Phi) is 4.15. The van der Waals surface area contributed by atoms with Crippen molar-refractivity contribution in [3.8, 4) is 0 Å². The zero-order chi connectivity index (χ0) is 11.3. The van der Waals surface area contributed by atoms with E-state index in [-0.39, 0.29) is 12.1 Å². The van der Waals surface area contributed by atoms with Gasteiger partial charge in [-0.3, -0.25) is 0 Å². The Morgan fingerprint density at radius 3 is 2.60 bits per heavy atom. The molecule has 0 aliphatic heterocycles. The zero-order valence-electron chi connectivity index (χ0n) is 9.07. The lowest BCUT2D eigenvalue weighted by molar-refractivity contribution is -0.131. The van der Waals surface area contributed by atoms with Gasteiger partial charge >= 0.3 is 5.97 Å². The van der Waals surface area contributed by atoms with Gasteiger partial charge in [0.1, 0.15) is 0 Å². The summed E-state index contributed by atoms with van der Waals surface area (Å²) in [6.45, 7) is 2.26. The Bertz CT molecular complexity index is 242. The van der Waals surface area contributed by atoms with Crippen molar-refractivity contribution in [3.63, 3.8) is 0 Å². The molecule has 0 atom stereocenters. The van der Waals surface area contributed by atoms with Crippen molar-refractivity contribution in [2.75, 3.05) is 6.61 Å². The van der Waals surface area contributed by atoms with Crippen LogP contribution in [0, 0.1) is 5.92 Å². The van der Waals surface area contributed by atoms with Crippen LogP contribution in [0.3, 0.4) is 0 Å². The molecule has 0 saturated heterocycles. The molecular weight excluding hydrogens is 194 g/mol. The van der Waals surface area contributed by atoms with Crippen molar-refractivity contribution in [1.82, 2.24) is 5.32 Å². The van der Waals surface area contributed by atoms with Gasteiger partial charge in [0.05, 0.1) is 12.1 Å². The van der Waals surface area contributed by atoms with E-state index in [2.05, 4.69) is 12.2 Å². The highest BCUT2D eigenvalue weighted by Crippen LogP contribution is 2.31. The van der Waals surface area contributed by atoms with Gasteiger partial charge in [-0.05, 0) is 31.6 Å². The molecule has 0 aromatic carbocycles. The van der Waals surface area contributed by atoms with Gasteiger partial charge in [0.15, 0.2) is 0 Å². The van der Waals surface area contributed by atoms with Gasteiger partial charge in [-0.25, -0.2) is 4.79 Å². The second-order valence-corrected chi connectivity index (χ2v) is 4.44. The van der Waals surface area contributed by atoms with E-state index in [0.717, 1.165) is 31.8 Å². The van der Waals surface area contributed by atoms with Crippen molar-refractivity contribution in [2.24, 2.45) is 5.92 Å². The number of rotatable bonds is 4. The maximum atomic E-state index is 10.3. The zero-order valence-corrected chi connectivity index (χ0v) is 9.07. The van der Waals surface area contributed by atoms with E-state index in [1.54, 1.807) is 0 Å². The highest BCUT2D eigenvalue weighted by molar-refractivity contribution is 5.79. The maximum absolute atomic E-state index is 10.3. The molecule has 1 fully saturated rings. The summed E-state index contributed by atoms with van der Waals surface area (Å²) in [7, 11) is 0. The molecule has 1 saturated carbocycles. The van der Waals surface area contributed by atoms with Crippen LogP contribution in [-0.2, 0) is 4.79 Å². The predicted molar refractivity (Wildman–Crippen MR) is 57.4 cm³/mol. The maximum Gasteiger partial charge on any atom is 0.329 e. The summed E-state index contributed by atoms with van der Waals surface area (Å²) >= 11 is 0. The van der Waals surface area contributed by atoms with Crippen LogP contribution in [-0.4, -0.2) is 28.3 Å². The second-order valence-electron chi connectivity index (χ2n) is 4.44. The first-order valence-electron chi connectivity index (χ1n) is 5.36. The fourth-order valence-corrected chi connectivity index (χ4v) is 1.95. The van der Waals surface area contributed by atoms with Crippen molar-refractivity contribution in [2.45, 2.75) is 38.1 Å². The molecule has 4 nitrogen and oxygen atoms in total. The number of carboxylic acid groups (broad SMARTS) is 1. The molecule has 1 aliphatic rings. The summed E-state index contributed by atoms with van der Waals surface area (Å²) in [5.41, 5.74) is -0.307. The van der Waals surface area contributed by atoms with E-state index in [0.29, 0.717) is 5.92 Å². The second kappa shape index (κ2) is 5.16. The van der Waals surface area contributed by atoms with E-state index < -0.39 is 5.97 Å². The van der Waals surface area contributed by atoms with Crippen LogP contribution < -0.4 is 5.32 Å². The number of hydrogen-bond acceptors (Lipinski definition) is 3. The standard InChI is InChI=1S/C11H19NO3/c1-9-2-5-11(8-13,6-3-9)12-7-4-10(14)15/h4,7,9,12-13H,2-3,5-6,8H2,1H3,(H,14,15)/b7-4+. The number of carbonyl (C=O) groups is 1. The minimum absolute atomic E-state index is 0.0592. The van der Waals surface area contributed by atoms with Gasteiger partial charge in [-0.2, -0.15) is 0 Å². The average molecular weight is 213 g/mol. The SMILES string of the molecule is CC1CCC(CO)(N/C=C/C(=O)O)CC1. The lowest BCUT2D eigenvalue weighted by Gasteiger charge is -2.38. The van der Waals surface area contributed by atoms with Gasteiger partial charge in [-0.15, -0.1) is 0 Å². The van der Waals surface area contributed by atoms with Crippen LogP contribution in [0.2, 0.25) is 0 Å². The Hall–Kier alpha value is -1.03. The molecule has 0 spiro atoms. The molecule has 86 valence electrons. The topological polar surface area (TPSA) is 69.6 Å². The monoisotopic (exact) mass is 213 g/mol. The molecule has 0 heterocycles. The fourth-order valence-electron chi connectivity index (χ4n) is 1.95. The molecular formula is C11H19NO3. The summed E-state index contributed by atoms with van der Waals surface area (Å²) in [5, 5.41) is 20.8. The third kappa shape index (κ3) is 3.55. The largest absolute Gasteiger partial charge is 0.478 e. The van der Waals surface area contributed by atoms with Crippen molar-refractivity contribution in [3.05, 3.63) is 12.3 Å². The normalized spacial score (nSPS) is 31.7. The first kappa shape index (κ1) is 12.0. The van der Waals surface area contributed by atoms with Gasteiger partial charge in [-0.1, -0.05) is 6.92 Å². The molecule has 0 unspecified atom stereocenters. The van der Waals surface area contributed by atoms with Gasteiger partial charge in [0, 0.05) is 12.3 Å².